The Morgan fingerprint density at radius 1 is 1.31 bits per heavy atom. The Balaban J connectivity index is 2.66. The normalized spacial score (nSPS) is 14.3. The van der Waals surface area contributed by atoms with Crippen molar-refractivity contribution in [2.75, 3.05) is 6.26 Å². The van der Waals surface area contributed by atoms with Gasteiger partial charge in [-0.3, -0.25) is 0 Å². The second kappa shape index (κ2) is 4.88. The number of aromatic nitrogens is 1. The molecule has 0 spiro atoms. The first-order valence-corrected chi connectivity index (χ1v) is 7.03. The van der Waals surface area contributed by atoms with Crippen LogP contribution >= 0.6 is 11.8 Å². The maximum absolute atomic E-state index is 9.27. The third-order valence-electron chi connectivity index (χ3n) is 3.21. The molecule has 1 heterocycles. The molecule has 0 amide bonds. The zero-order chi connectivity index (χ0) is 11.5. The summed E-state index contributed by atoms with van der Waals surface area (Å²) in [6, 6.07) is 2.34. The number of hydrogen-bond acceptors (Lipinski definition) is 3. The van der Waals surface area contributed by atoms with Crippen LogP contribution in [0.4, 0.5) is 0 Å². The zero-order valence-corrected chi connectivity index (χ0v) is 10.7. The molecule has 16 heavy (non-hydrogen) atoms. The lowest BCUT2D eigenvalue weighted by Crippen LogP contribution is -2.12. The van der Waals surface area contributed by atoms with Crippen molar-refractivity contribution in [3.8, 4) is 6.07 Å². The van der Waals surface area contributed by atoms with Crippen LogP contribution in [0.2, 0.25) is 0 Å². The summed E-state index contributed by atoms with van der Waals surface area (Å²) in [6.45, 7) is 2.15. The monoisotopic (exact) mass is 232 g/mol. The molecule has 0 aliphatic heterocycles. The van der Waals surface area contributed by atoms with Crippen molar-refractivity contribution in [3.05, 3.63) is 22.4 Å². The van der Waals surface area contributed by atoms with Crippen LogP contribution in [0.1, 0.15) is 42.1 Å². The molecule has 2 rings (SSSR count). The molecule has 1 aliphatic rings. The first-order valence-electron chi connectivity index (χ1n) is 5.80. The number of nitriles is 1. The molecule has 0 bridgehead atoms. The SMILES string of the molecule is CCc1nc(SC)c(C#N)c2c1CCCC2. The molecular formula is C13H16N2S. The van der Waals surface area contributed by atoms with E-state index in [1.54, 1.807) is 11.8 Å². The first kappa shape index (κ1) is 11.5. The van der Waals surface area contributed by atoms with E-state index in [1.807, 2.05) is 6.26 Å². The van der Waals surface area contributed by atoms with Gasteiger partial charge in [-0.2, -0.15) is 5.26 Å². The van der Waals surface area contributed by atoms with Gasteiger partial charge in [0, 0.05) is 5.69 Å². The van der Waals surface area contributed by atoms with E-state index in [0.29, 0.717) is 0 Å². The molecule has 0 saturated heterocycles. The molecule has 0 saturated carbocycles. The third-order valence-corrected chi connectivity index (χ3v) is 3.89. The van der Waals surface area contributed by atoms with Crippen molar-refractivity contribution in [1.82, 2.24) is 4.98 Å². The van der Waals surface area contributed by atoms with Crippen molar-refractivity contribution >= 4 is 11.8 Å². The standard InChI is InChI=1S/C13H16N2S/c1-3-12-10-7-5-4-6-9(10)11(8-14)13(15-12)16-2/h3-7H2,1-2H3. The van der Waals surface area contributed by atoms with E-state index in [4.69, 9.17) is 0 Å². The fraction of sp³-hybridized carbons (Fsp3) is 0.538. The number of pyridine rings is 1. The molecule has 0 atom stereocenters. The average Bonchev–Trinajstić information content (AvgIpc) is 2.36. The van der Waals surface area contributed by atoms with Crippen molar-refractivity contribution in [1.29, 1.82) is 5.26 Å². The van der Waals surface area contributed by atoms with Gasteiger partial charge in [-0.25, -0.2) is 4.98 Å². The molecule has 0 radical (unpaired) electrons. The highest BCUT2D eigenvalue weighted by Crippen LogP contribution is 2.31. The highest BCUT2D eigenvalue weighted by molar-refractivity contribution is 7.98. The van der Waals surface area contributed by atoms with Gasteiger partial charge in [0.25, 0.3) is 0 Å². The van der Waals surface area contributed by atoms with E-state index < -0.39 is 0 Å². The number of hydrogen-bond donors (Lipinski definition) is 0. The molecule has 0 unspecified atom stereocenters. The quantitative estimate of drug-likeness (QED) is 0.735. The maximum Gasteiger partial charge on any atom is 0.114 e. The van der Waals surface area contributed by atoms with E-state index in [-0.39, 0.29) is 0 Å². The molecule has 0 aromatic carbocycles. The van der Waals surface area contributed by atoms with Gasteiger partial charge >= 0.3 is 0 Å². The number of fused-ring (bicyclic) bond motifs is 1. The van der Waals surface area contributed by atoms with E-state index in [1.165, 1.54) is 29.7 Å². The lowest BCUT2D eigenvalue weighted by Gasteiger charge is -2.21. The van der Waals surface area contributed by atoms with E-state index in [2.05, 4.69) is 18.0 Å². The largest absolute Gasteiger partial charge is 0.245 e. The second-order valence-electron chi connectivity index (χ2n) is 4.07. The van der Waals surface area contributed by atoms with Crippen LogP contribution in [0, 0.1) is 11.3 Å². The van der Waals surface area contributed by atoms with Crippen LogP contribution in [0.3, 0.4) is 0 Å². The Hall–Kier alpha value is -1.01. The van der Waals surface area contributed by atoms with Gasteiger partial charge in [0.1, 0.15) is 11.1 Å². The van der Waals surface area contributed by atoms with Crippen molar-refractivity contribution in [2.24, 2.45) is 0 Å². The summed E-state index contributed by atoms with van der Waals surface area (Å²) in [5.74, 6) is 0. The lowest BCUT2D eigenvalue weighted by molar-refractivity contribution is 0.664. The van der Waals surface area contributed by atoms with Gasteiger partial charge in [-0.1, -0.05) is 6.92 Å². The Morgan fingerprint density at radius 2 is 2.00 bits per heavy atom. The highest BCUT2D eigenvalue weighted by atomic mass is 32.2. The molecular weight excluding hydrogens is 216 g/mol. The summed E-state index contributed by atoms with van der Waals surface area (Å²) in [5.41, 5.74) is 4.69. The Labute approximate surface area is 101 Å². The number of aryl methyl sites for hydroxylation is 1. The summed E-state index contributed by atoms with van der Waals surface area (Å²) in [5, 5.41) is 10.2. The molecule has 84 valence electrons. The number of rotatable bonds is 2. The second-order valence-corrected chi connectivity index (χ2v) is 4.87. The Morgan fingerprint density at radius 3 is 2.56 bits per heavy atom. The van der Waals surface area contributed by atoms with E-state index in [0.717, 1.165) is 29.9 Å². The molecule has 0 fully saturated rings. The van der Waals surface area contributed by atoms with Gasteiger partial charge in [0.2, 0.25) is 0 Å². The van der Waals surface area contributed by atoms with Gasteiger partial charge in [-0.15, -0.1) is 11.8 Å². The van der Waals surface area contributed by atoms with Gasteiger partial charge in [0.05, 0.1) is 5.56 Å². The maximum atomic E-state index is 9.27. The Bertz CT molecular complexity index is 446. The first-order chi connectivity index (χ1) is 7.81. The van der Waals surface area contributed by atoms with Gasteiger partial charge in [0.15, 0.2) is 0 Å². The molecule has 1 aromatic heterocycles. The zero-order valence-electron chi connectivity index (χ0n) is 9.84. The minimum atomic E-state index is 0.833. The predicted octanol–water partition coefficient (Wildman–Crippen LogP) is 3.12. The summed E-state index contributed by atoms with van der Waals surface area (Å²) >= 11 is 1.59. The van der Waals surface area contributed by atoms with Crippen LogP contribution in [0.5, 0.6) is 0 Å². The third kappa shape index (κ3) is 1.82. The highest BCUT2D eigenvalue weighted by Gasteiger charge is 2.20. The molecule has 0 N–H and O–H groups in total. The predicted molar refractivity (Wildman–Crippen MR) is 66.8 cm³/mol. The topological polar surface area (TPSA) is 36.7 Å². The summed E-state index contributed by atoms with van der Waals surface area (Å²) in [7, 11) is 0. The minimum Gasteiger partial charge on any atom is -0.245 e. The van der Waals surface area contributed by atoms with Gasteiger partial charge < -0.3 is 0 Å². The fourth-order valence-electron chi connectivity index (χ4n) is 2.43. The molecule has 1 aliphatic carbocycles. The van der Waals surface area contributed by atoms with Crippen molar-refractivity contribution in [2.45, 2.75) is 44.1 Å². The lowest BCUT2D eigenvalue weighted by atomic mass is 9.87. The van der Waals surface area contributed by atoms with Crippen LogP contribution < -0.4 is 0 Å². The Kier molecular flexibility index (Phi) is 3.50. The summed E-state index contributed by atoms with van der Waals surface area (Å²) < 4.78 is 0. The smallest absolute Gasteiger partial charge is 0.114 e. The van der Waals surface area contributed by atoms with Crippen LogP contribution in [-0.2, 0) is 19.3 Å². The summed E-state index contributed by atoms with van der Waals surface area (Å²) in [4.78, 5) is 4.63. The van der Waals surface area contributed by atoms with Crippen LogP contribution in [0.15, 0.2) is 5.03 Å². The van der Waals surface area contributed by atoms with Crippen LogP contribution in [-0.4, -0.2) is 11.2 Å². The summed E-state index contributed by atoms with van der Waals surface area (Å²) in [6.07, 6.45) is 7.59. The molecule has 3 heteroatoms. The fourth-order valence-corrected chi connectivity index (χ4v) is 3.00. The molecule has 1 aromatic rings. The van der Waals surface area contributed by atoms with Gasteiger partial charge in [-0.05, 0) is 49.5 Å². The van der Waals surface area contributed by atoms with Crippen molar-refractivity contribution < 1.29 is 0 Å². The van der Waals surface area contributed by atoms with E-state index >= 15 is 0 Å². The average molecular weight is 232 g/mol. The number of thioether (sulfide) groups is 1. The minimum absolute atomic E-state index is 0.833. The van der Waals surface area contributed by atoms with E-state index in [9.17, 15) is 5.26 Å². The van der Waals surface area contributed by atoms with Crippen molar-refractivity contribution in [3.63, 3.8) is 0 Å². The number of nitrogens with zero attached hydrogens (tertiary/aromatic N) is 2. The van der Waals surface area contributed by atoms with Crippen LogP contribution in [0.25, 0.3) is 0 Å². The molecule has 2 nitrogen and oxygen atoms in total.